The van der Waals surface area contributed by atoms with Gasteiger partial charge in [-0.15, -0.1) is 0 Å². The monoisotopic (exact) mass is 399 g/mol. The van der Waals surface area contributed by atoms with E-state index in [9.17, 15) is 9.59 Å². The lowest BCUT2D eigenvalue weighted by Gasteiger charge is -2.24. The Morgan fingerprint density at radius 1 is 1.20 bits per heavy atom. The molecular weight excluding hydrogens is 378 g/mol. The molecule has 0 saturated carbocycles. The summed E-state index contributed by atoms with van der Waals surface area (Å²) in [7, 11) is 0. The van der Waals surface area contributed by atoms with Crippen molar-refractivity contribution in [3.8, 4) is 0 Å². The molecule has 30 heavy (non-hydrogen) atoms. The van der Waals surface area contributed by atoms with Gasteiger partial charge in [-0.25, -0.2) is 0 Å². The fourth-order valence-corrected chi connectivity index (χ4v) is 3.92. The van der Waals surface area contributed by atoms with E-state index in [0.717, 1.165) is 16.5 Å². The number of carbonyl (C=O) groups is 2. The second kappa shape index (κ2) is 7.18. The van der Waals surface area contributed by atoms with Crippen LogP contribution in [0.1, 0.15) is 39.4 Å². The van der Waals surface area contributed by atoms with Crippen LogP contribution < -0.4 is 10.6 Å². The molecule has 0 saturated heterocycles. The highest BCUT2D eigenvalue weighted by Gasteiger charge is 2.24. The van der Waals surface area contributed by atoms with Gasteiger partial charge >= 0.3 is 0 Å². The number of aromatic nitrogens is 3. The predicted octanol–water partition coefficient (Wildman–Crippen LogP) is 3.44. The number of fused-ring (bicyclic) bond motifs is 3. The molecule has 1 aliphatic heterocycles. The van der Waals surface area contributed by atoms with E-state index in [1.54, 1.807) is 16.9 Å². The highest BCUT2D eigenvalue weighted by atomic mass is 16.2. The average molecular weight is 399 g/mol. The van der Waals surface area contributed by atoms with E-state index < -0.39 is 0 Å². The molecule has 5 rings (SSSR count). The summed E-state index contributed by atoms with van der Waals surface area (Å²) in [5, 5.41) is 11.1. The number of anilines is 1. The second-order valence-electron chi connectivity index (χ2n) is 7.60. The molecule has 0 bridgehead atoms. The molecule has 4 aromatic rings. The van der Waals surface area contributed by atoms with Crippen LogP contribution in [0.3, 0.4) is 0 Å². The molecule has 0 radical (unpaired) electrons. The van der Waals surface area contributed by atoms with E-state index in [1.165, 1.54) is 0 Å². The zero-order chi connectivity index (χ0) is 20.7. The van der Waals surface area contributed by atoms with Crippen LogP contribution >= 0.6 is 0 Å². The fraction of sp³-hybridized carbons (Fsp3) is 0.174. The van der Waals surface area contributed by atoms with Gasteiger partial charge in [-0.3, -0.25) is 14.3 Å². The summed E-state index contributed by atoms with van der Waals surface area (Å²) in [5.41, 5.74) is 3.83. The maximum atomic E-state index is 12.8. The average Bonchev–Trinajstić information content (AvgIpc) is 3.36. The van der Waals surface area contributed by atoms with Crippen molar-refractivity contribution >= 4 is 28.4 Å². The third-order valence-electron chi connectivity index (χ3n) is 5.41. The first kappa shape index (κ1) is 18.2. The smallest absolute Gasteiger partial charge is 0.268 e. The van der Waals surface area contributed by atoms with Crippen molar-refractivity contribution < 1.29 is 9.59 Å². The largest absolute Gasteiger partial charge is 0.349 e. The minimum absolute atomic E-state index is 0.0823. The minimum atomic E-state index is -0.209. The summed E-state index contributed by atoms with van der Waals surface area (Å²) in [6.45, 7) is 3.27. The van der Waals surface area contributed by atoms with Gasteiger partial charge in [-0.2, -0.15) is 5.10 Å². The van der Waals surface area contributed by atoms with Crippen LogP contribution in [0.5, 0.6) is 0 Å². The van der Waals surface area contributed by atoms with Gasteiger partial charge in [0.15, 0.2) is 0 Å². The minimum Gasteiger partial charge on any atom is -0.349 e. The molecule has 2 N–H and O–H groups in total. The lowest BCUT2D eigenvalue weighted by Crippen LogP contribution is -2.37. The molecular formula is C23H21N5O2. The molecule has 2 aromatic carbocycles. The van der Waals surface area contributed by atoms with Crippen LogP contribution in [0.4, 0.5) is 5.69 Å². The summed E-state index contributed by atoms with van der Waals surface area (Å²) in [6, 6.07) is 17.5. The van der Waals surface area contributed by atoms with Crippen molar-refractivity contribution in [1.82, 2.24) is 19.7 Å². The van der Waals surface area contributed by atoms with Crippen LogP contribution in [-0.4, -0.2) is 32.7 Å². The van der Waals surface area contributed by atoms with Gasteiger partial charge in [0.2, 0.25) is 0 Å². The standard InChI is InChI=1S/C23H21N5O2/c1-15-11-24-23(30)21-9-17-7-8-18(10-20(17)28(15)21)22(29)26-19-12-25-27(14-19)13-16-5-3-2-4-6-16/h2-10,12,14-15H,11,13H2,1H3,(H,24,30)(H,26,29)/t15-/m1/s1. The summed E-state index contributed by atoms with van der Waals surface area (Å²) in [6.07, 6.45) is 3.46. The van der Waals surface area contributed by atoms with Crippen LogP contribution in [0.15, 0.2) is 67.0 Å². The van der Waals surface area contributed by atoms with Crippen LogP contribution in [0.2, 0.25) is 0 Å². The highest BCUT2D eigenvalue weighted by molar-refractivity contribution is 6.07. The third kappa shape index (κ3) is 3.24. The first-order valence-electron chi connectivity index (χ1n) is 9.89. The Morgan fingerprint density at radius 2 is 2.03 bits per heavy atom. The summed E-state index contributed by atoms with van der Waals surface area (Å²) in [5.74, 6) is -0.291. The molecule has 7 nitrogen and oxygen atoms in total. The summed E-state index contributed by atoms with van der Waals surface area (Å²) in [4.78, 5) is 25.0. The van der Waals surface area contributed by atoms with Crippen LogP contribution in [-0.2, 0) is 6.54 Å². The fourth-order valence-electron chi connectivity index (χ4n) is 3.92. The number of hydrogen-bond acceptors (Lipinski definition) is 3. The number of amides is 2. The molecule has 0 unspecified atom stereocenters. The van der Waals surface area contributed by atoms with Crippen LogP contribution in [0, 0.1) is 0 Å². The maximum absolute atomic E-state index is 12.8. The maximum Gasteiger partial charge on any atom is 0.268 e. The number of hydrogen-bond donors (Lipinski definition) is 2. The number of rotatable bonds is 4. The van der Waals surface area contributed by atoms with Crippen LogP contribution in [0.25, 0.3) is 10.9 Å². The number of nitrogens with zero attached hydrogens (tertiary/aromatic N) is 3. The lowest BCUT2D eigenvalue weighted by molar-refractivity contribution is 0.0919. The molecule has 2 amide bonds. The second-order valence-corrected chi connectivity index (χ2v) is 7.60. The van der Waals surface area contributed by atoms with E-state index >= 15 is 0 Å². The molecule has 1 atom stereocenters. The Bertz CT molecular complexity index is 1260. The van der Waals surface area contributed by atoms with Gasteiger partial charge in [0.05, 0.1) is 18.4 Å². The topological polar surface area (TPSA) is 81.0 Å². The SMILES string of the molecule is C[C@@H]1CNC(=O)c2cc3ccc(C(=O)Nc4cnn(Cc5ccccc5)c4)cc3n21. The number of carbonyl (C=O) groups excluding carboxylic acids is 2. The normalized spacial score (nSPS) is 15.6. The zero-order valence-electron chi connectivity index (χ0n) is 16.5. The lowest BCUT2D eigenvalue weighted by atomic mass is 10.1. The molecule has 2 aromatic heterocycles. The molecule has 0 spiro atoms. The van der Waals surface area contributed by atoms with Gasteiger partial charge in [0, 0.05) is 35.2 Å². The molecule has 0 aliphatic carbocycles. The van der Waals surface area contributed by atoms with Gasteiger partial charge in [-0.05, 0) is 30.7 Å². The van der Waals surface area contributed by atoms with E-state index in [-0.39, 0.29) is 17.9 Å². The van der Waals surface area contributed by atoms with E-state index in [1.807, 2.05) is 59.3 Å². The van der Waals surface area contributed by atoms with Gasteiger partial charge in [0.25, 0.3) is 11.8 Å². The van der Waals surface area contributed by atoms with Gasteiger partial charge in [0.1, 0.15) is 5.69 Å². The Kier molecular flexibility index (Phi) is 4.35. The molecule has 150 valence electrons. The Hall–Kier alpha value is -3.87. The quantitative estimate of drug-likeness (QED) is 0.552. The molecule has 0 fully saturated rings. The first-order chi connectivity index (χ1) is 14.6. The van der Waals surface area contributed by atoms with E-state index in [4.69, 9.17) is 0 Å². The summed E-state index contributed by atoms with van der Waals surface area (Å²) < 4.78 is 3.79. The molecule has 7 heteroatoms. The highest BCUT2D eigenvalue weighted by Crippen LogP contribution is 2.27. The molecule has 1 aliphatic rings. The number of benzene rings is 2. The first-order valence-corrected chi connectivity index (χ1v) is 9.89. The van der Waals surface area contributed by atoms with E-state index in [0.29, 0.717) is 30.0 Å². The van der Waals surface area contributed by atoms with Crippen molar-refractivity contribution in [2.75, 3.05) is 11.9 Å². The Morgan fingerprint density at radius 3 is 2.87 bits per heavy atom. The van der Waals surface area contributed by atoms with Crippen molar-refractivity contribution in [1.29, 1.82) is 0 Å². The van der Waals surface area contributed by atoms with Gasteiger partial charge < -0.3 is 15.2 Å². The van der Waals surface area contributed by atoms with Crippen molar-refractivity contribution in [3.05, 3.63) is 83.8 Å². The zero-order valence-corrected chi connectivity index (χ0v) is 16.5. The van der Waals surface area contributed by atoms with Crippen molar-refractivity contribution in [2.45, 2.75) is 19.5 Å². The van der Waals surface area contributed by atoms with Gasteiger partial charge in [-0.1, -0.05) is 36.4 Å². The third-order valence-corrected chi connectivity index (χ3v) is 5.41. The number of nitrogens with one attached hydrogen (secondary N) is 2. The summed E-state index contributed by atoms with van der Waals surface area (Å²) >= 11 is 0. The predicted molar refractivity (Wildman–Crippen MR) is 115 cm³/mol. The van der Waals surface area contributed by atoms with Crippen molar-refractivity contribution in [2.24, 2.45) is 0 Å². The van der Waals surface area contributed by atoms with Crippen molar-refractivity contribution in [3.63, 3.8) is 0 Å². The Labute approximate surface area is 173 Å². The van der Waals surface area contributed by atoms with E-state index in [2.05, 4.69) is 22.7 Å². The molecule has 3 heterocycles. The Balaban J connectivity index is 1.38.